The first-order valence-corrected chi connectivity index (χ1v) is 9.17. The second kappa shape index (κ2) is 6.84. The van der Waals surface area contributed by atoms with Gasteiger partial charge in [-0.25, -0.2) is 0 Å². The molecule has 2 fully saturated rings. The van der Waals surface area contributed by atoms with E-state index in [1.165, 1.54) is 24.2 Å². The lowest BCUT2D eigenvalue weighted by molar-refractivity contribution is 0.0651. The number of carbonyl (C=O) groups is 1. The van der Waals surface area contributed by atoms with Crippen LogP contribution in [0.15, 0.2) is 29.2 Å². The van der Waals surface area contributed by atoms with E-state index in [9.17, 15) is 4.79 Å². The second-order valence-corrected chi connectivity index (χ2v) is 6.96. The molecule has 0 saturated carbocycles. The number of amides is 1. The summed E-state index contributed by atoms with van der Waals surface area (Å²) in [5.41, 5.74) is 0.827. The fraction of sp³-hybridized carbons (Fsp3) is 0.588. The van der Waals surface area contributed by atoms with Crippen LogP contribution in [0.1, 0.15) is 36.0 Å². The maximum atomic E-state index is 12.7. The third-order valence-corrected chi connectivity index (χ3v) is 5.49. The van der Waals surface area contributed by atoms with Crippen molar-refractivity contribution in [2.75, 3.05) is 25.9 Å². The molecule has 2 saturated heterocycles. The van der Waals surface area contributed by atoms with Gasteiger partial charge in [-0.15, -0.1) is 11.8 Å². The Labute approximate surface area is 131 Å². The van der Waals surface area contributed by atoms with Gasteiger partial charge < -0.3 is 10.2 Å². The molecule has 3 rings (SSSR count). The number of benzene rings is 1. The highest BCUT2D eigenvalue weighted by Gasteiger charge is 2.31. The lowest BCUT2D eigenvalue weighted by Crippen LogP contribution is -2.45. The van der Waals surface area contributed by atoms with E-state index in [2.05, 4.69) is 16.5 Å². The molecule has 1 aromatic rings. The molecule has 3 nitrogen and oxygen atoms in total. The lowest BCUT2D eigenvalue weighted by Gasteiger charge is -2.36. The average Bonchev–Trinajstić information content (AvgIpc) is 3.09. The van der Waals surface area contributed by atoms with Gasteiger partial charge in [0.2, 0.25) is 0 Å². The van der Waals surface area contributed by atoms with Gasteiger partial charge in [0.05, 0.1) is 0 Å². The number of rotatable bonds is 3. The number of likely N-dealkylation sites (tertiary alicyclic amines) is 1. The van der Waals surface area contributed by atoms with Crippen molar-refractivity contribution in [2.45, 2.75) is 36.6 Å². The largest absolute Gasteiger partial charge is 0.338 e. The maximum absolute atomic E-state index is 12.7. The fourth-order valence-electron chi connectivity index (χ4n) is 3.55. The zero-order chi connectivity index (χ0) is 14.7. The molecule has 0 radical (unpaired) electrons. The summed E-state index contributed by atoms with van der Waals surface area (Å²) in [5.74, 6) is 0.834. The molecule has 1 aromatic carbocycles. The van der Waals surface area contributed by atoms with Crippen molar-refractivity contribution in [3.05, 3.63) is 29.8 Å². The molecule has 1 N–H and O–H groups in total. The summed E-state index contributed by atoms with van der Waals surface area (Å²) in [6.45, 7) is 2.97. The molecule has 2 aliphatic rings. The first-order valence-electron chi connectivity index (χ1n) is 7.94. The highest BCUT2D eigenvalue weighted by molar-refractivity contribution is 7.98. The minimum absolute atomic E-state index is 0.199. The highest BCUT2D eigenvalue weighted by atomic mass is 32.2. The summed E-state index contributed by atoms with van der Waals surface area (Å²) < 4.78 is 0. The van der Waals surface area contributed by atoms with Gasteiger partial charge >= 0.3 is 0 Å². The molecule has 4 heteroatoms. The summed E-state index contributed by atoms with van der Waals surface area (Å²) in [5, 5.41) is 3.60. The number of nitrogens with one attached hydrogen (secondary N) is 1. The van der Waals surface area contributed by atoms with Crippen LogP contribution in [0.4, 0.5) is 0 Å². The Hall–Kier alpha value is -1.00. The number of thioether (sulfide) groups is 1. The monoisotopic (exact) mass is 304 g/mol. The van der Waals surface area contributed by atoms with Crippen LogP contribution >= 0.6 is 11.8 Å². The zero-order valence-electron chi connectivity index (χ0n) is 12.7. The summed E-state index contributed by atoms with van der Waals surface area (Å²) >= 11 is 1.71. The fourth-order valence-corrected chi connectivity index (χ4v) is 3.96. The van der Waals surface area contributed by atoms with Crippen LogP contribution in [0, 0.1) is 5.92 Å². The molecule has 21 heavy (non-hydrogen) atoms. The molecular weight excluding hydrogens is 280 g/mol. The predicted octanol–water partition coefficient (Wildman–Crippen LogP) is 3.01. The minimum Gasteiger partial charge on any atom is -0.338 e. The van der Waals surface area contributed by atoms with Crippen molar-refractivity contribution in [3.8, 4) is 0 Å². The van der Waals surface area contributed by atoms with E-state index in [4.69, 9.17) is 0 Å². The van der Waals surface area contributed by atoms with Crippen LogP contribution in [0.3, 0.4) is 0 Å². The van der Waals surface area contributed by atoms with Crippen molar-refractivity contribution < 1.29 is 4.79 Å². The van der Waals surface area contributed by atoms with E-state index in [-0.39, 0.29) is 5.91 Å². The highest BCUT2D eigenvalue weighted by Crippen LogP contribution is 2.26. The Balaban J connectivity index is 1.65. The molecule has 1 amide bonds. The molecule has 2 heterocycles. The lowest BCUT2D eigenvalue weighted by atomic mass is 9.89. The summed E-state index contributed by atoms with van der Waals surface area (Å²) in [7, 11) is 0. The molecule has 0 bridgehead atoms. The van der Waals surface area contributed by atoms with Gasteiger partial charge in [0, 0.05) is 29.6 Å². The summed E-state index contributed by atoms with van der Waals surface area (Å²) in [4.78, 5) is 15.9. The number of nitrogens with zero attached hydrogens (tertiary/aromatic N) is 1. The van der Waals surface area contributed by atoms with Crippen LogP contribution in [0.5, 0.6) is 0 Å². The van der Waals surface area contributed by atoms with Gasteiger partial charge in [-0.3, -0.25) is 4.79 Å². The van der Waals surface area contributed by atoms with Gasteiger partial charge in [0.15, 0.2) is 0 Å². The molecule has 2 aliphatic heterocycles. The van der Waals surface area contributed by atoms with Crippen molar-refractivity contribution in [2.24, 2.45) is 5.92 Å². The molecule has 0 aromatic heterocycles. The average molecular weight is 304 g/mol. The third-order valence-electron chi connectivity index (χ3n) is 4.75. The molecule has 0 aliphatic carbocycles. The Morgan fingerprint density at radius 2 is 2.05 bits per heavy atom. The van der Waals surface area contributed by atoms with Crippen molar-refractivity contribution in [3.63, 3.8) is 0 Å². The minimum atomic E-state index is 0.199. The SMILES string of the molecule is CSc1ccc(C(=O)N2CCCC(C3CCCN3)C2)cc1. The van der Waals surface area contributed by atoms with E-state index in [1.54, 1.807) is 11.8 Å². The van der Waals surface area contributed by atoms with Crippen LogP contribution in [-0.4, -0.2) is 42.7 Å². The molecule has 2 unspecified atom stereocenters. The van der Waals surface area contributed by atoms with Crippen molar-refractivity contribution in [1.29, 1.82) is 0 Å². The van der Waals surface area contributed by atoms with Crippen LogP contribution in [-0.2, 0) is 0 Å². The molecule has 0 spiro atoms. The Morgan fingerprint density at radius 1 is 1.24 bits per heavy atom. The van der Waals surface area contributed by atoms with Gasteiger partial charge in [-0.1, -0.05) is 0 Å². The van der Waals surface area contributed by atoms with Gasteiger partial charge in [0.25, 0.3) is 5.91 Å². The first kappa shape index (κ1) is 14.9. The second-order valence-electron chi connectivity index (χ2n) is 6.08. The van der Waals surface area contributed by atoms with Crippen molar-refractivity contribution >= 4 is 17.7 Å². The van der Waals surface area contributed by atoms with Crippen LogP contribution in [0.25, 0.3) is 0 Å². The van der Waals surface area contributed by atoms with Gasteiger partial charge in [0.1, 0.15) is 0 Å². The molecular formula is C17H24N2OS. The Bertz CT molecular complexity index is 482. The maximum Gasteiger partial charge on any atom is 0.253 e. The van der Waals surface area contributed by atoms with Gasteiger partial charge in [-0.2, -0.15) is 0 Å². The van der Waals surface area contributed by atoms with Crippen molar-refractivity contribution in [1.82, 2.24) is 10.2 Å². The molecule has 114 valence electrons. The smallest absolute Gasteiger partial charge is 0.253 e. The normalized spacial score (nSPS) is 26.0. The number of hydrogen-bond acceptors (Lipinski definition) is 3. The van der Waals surface area contributed by atoms with E-state index in [0.717, 1.165) is 31.6 Å². The predicted molar refractivity (Wildman–Crippen MR) is 87.9 cm³/mol. The topological polar surface area (TPSA) is 32.3 Å². The standard InChI is InChI=1S/C17H24N2OS/c1-21-15-8-6-13(7-9-15)17(20)19-11-3-4-14(12-19)16-5-2-10-18-16/h6-9,14,16,18H,2-5,10-12H2,1H3. The molecule has 2 atom stereocenters. The van der Waals surface area contributed by atoms with Crippen LogP contribution in [0.2, 0.25) is 0 Å². The van der Waals surface area contributed by atoms with Crippen LogP contribution < -0.4 is 5.32 Å². The summed E-state index contributed by atoms with van der Waals surface area (Å²) in [6, 6.07) is 8.63. The summed E-state index contributed by atoms with van der Waals surface area (Å²) in [6.07, 6.45) is 7.01. The Morgan fingerprint density at radius 3 is 2.71 bits per heavy atom. The number of hydrogen-bond donors (Lipinski definition) is 1. The van der Waals surface area contributed by atoms with Gasteiger partial charge in [-0.05, 0) is 68.7 Å². The first-order chi connectivity index (χ1) is 10.3. The van der Waals surface area contributed by atoms with E-state index in [0.29, 0.717) is 12.0 Å². The van der Waals surface area contributed by atoms with E-state index in [1.807, 2.05) is 24.3 Å². The third kappa shape index (κ3) is 3.43. The number of piperidine rings is 1. The number of carbonyl (C=O) groups excluding carboxylic acids is 1. The van der Waals surface area contributed by atoms with E-state index >= 15 is 0 Å². The zero-order valence-corrected chi connectivity index (χ0v) is 13.5. The quantitative estimate of drug-likeness (QED) is 0.871. The van der Waals surface area contributed by atoms with E-state index < -0.39 is 0 Å². The Kier molecular flexibility index (Phi) is 4.86.